The normalized spacial score (nSPS) is 13.6. The lowest BCUT2D eigenvalue weighted by atomic mass is 10.0. The molecule has 1 amide bonds. The Hall–Kier alpha value is -3.32. The van der Waals surface area contributed by atoms with Gasteiger partial charge in [-0.15, -0.1) is 11.3 Å². The van der Waals surface area contributed by atoms with E-state index in [0.29, 0.717) is 17.0 Å². The number of aromatic nitrogens is 3. The first-order valence-electron chi connectivity index (χ1n) is 9.42. The van der Waals surface area contributed by atoms with Crippen LogP contribution < -0.4 is 10.9 Å². The summed E-state index contributed by atoms with van der Waals surface area (Å²) < 4.78 is 2.23. The van der Waals surface area contributed by atoms with Crippen molar-refractivity contribution < 1.29 is 4.79 Å². The Kier molecular flexibility index (Phi) is 4.24. The molecule has 4 aromatic rings. The molecule has 7 heteroatoms. The second kappa shape index (κ2) is 6.93. The van der Waals surface area contributed by atoms with Crippen LogP contribution in [0.4, 0.5) is 0 Å². The van der Waals surface area contributed by atoms with Crippen molar-refractivity contribution in [3.05, 3.63) is 70.1 Å². The van der Waals surface area contributed by atoms with Crippen molar-refractivity contribution in [3.63, 3.8) is 0 Å². The molecule has 6 nitrogen and oxygen atoms in total. The average molecular weight is 402 g/mol. The number of amides is 1. The number of rotatable bonds is 4. The van der Waals surface area contributed by atoms with E-state index in [9.17, 15) is 9.59 Å². The maximum absolute atomic E-state index is 12.9. The minimum atomic E-state index is -0.135. The summed E-state index contributed by atoms with van der Waals surface area (Å²) in [5.41, 5.74) is 3.94. The highest BCUT2D eigenvalue weighted by atomic mass is 32.1. The quantitative estimate of drug-likeness (QED) is 0.566. The Balaban J connectivity index is 1.60. The van der Waals surface area contributed by atoms with Gasteiger partial charge >= 0.3 is 0 Å². The van der Waals surface area contributed by atoms with E-state index in [1.807, 2.05) is 41.8 Å². The Morgan fingerprint density at radius 2 is 1.83 bits per heavy atom. The summed E-state index contributed by atoms with van der Waals surface area (Å²) in [6.07, 6.45) is 5.55. The second-order valence-electron chi connectivity index (χ2n) is 7.19. The summed E-state index contributed by atoms with van der Waals surface area (Å²) >= 11 is 1.50. The van der Waals surface area contributed by atoms with Crippen molar-refractivity contribution in [3.8, 4) is 22.4 Å². The molecule has 29 heavy (non-hydrogen) atoms. The summed E-state index contributed by atoms with van der Waals surface area (Å²) in [5, 5.41) is 10.1. The van der Waals surface area contributed by atoms with E-state index in [1.165, 1.54) is 16.0 Å². The number of benzene rings is 1. The van der Waals surface area contributed by atoms with Crippen LogP contribution in [0.1, 0.15) is 23.2 Å². The summed E-state index contributed by atoms with van der Waals surface area (Å²) in [6, 6.07) is 11.5. The van der Waals surface area contributed by atoms with Crippen LogP contribution in [0.25, 0.3) is 32.5 Å². The number of pyridine rings is 1. The van der Waals surface area contributed by atoms with Crippen molar-refractivity contribution in [2.75, 3.05) is 0 Å². The fourth-order valence-corrected chi connectivity index (χ4v) is 4.43. The second-order valence-corrected chi connectivity index (χ2v) is 8.07. The van der Waals surface area contributed by atoms with Crippen LogP contribution in [0.2, 0.25) is 0 Å². The molecule has 3 heterocycles. The van der Waals surface area contributed by atoms with Gasteiger partial charge in [0, 0.05) is 47.6 Å². The van der Waals surface area contributed by atoms with E-state index < -0.39 is 0 Å². The van der Waals surface area contributed by atoms with Crippen molar-refractivity contribution >= 4 is 27.3 Å². The van der Waals surface area contributed by atoms with Gasteiger partial charge in [0.05, 0.1) is 10.1 Å². The minimum absolute atomic E-state index is 0.0469. The first-order chi connectivity index (χ1) is 14.1. The summed E-state index contributed by atoms with van der Waals surface area (Å²) in [6.45, 7) is 0. The van der Waals surface area contributed by atoms with Crippen LogP contribution in [-0.4, -0.2) is 26.7 Å². The van der Waals surface area contributed by atoms with Gasteiger partial charge in [0.1, 0.15) is 5.69 Å². The van der Waals surface area contributed by atoms with E-state index in [0.717, 1.165) is 39.9 Å². The topological polar surface area (TPSA) is 76.9 Å². The molecule has 1 fully saturated rings. The van der Waals surface area contributed by atoms with Gasteiger partial charge in [-0.3, -0.25) is 14.6 Å². The number of carbonyl (C=O) groups excluding carboxylic acids is 1. The van der Waals surface area contributed by atoms with E-state index >= 15 is 0 Å². The van der Waals surface area contributed by atoms with Crippen LogP contribution in [0.15, 0.2) is 59.0 Å². The lowest BCUT2D eigenvalue weighted by Gasteiger charge is -2.07. The lowest BCUT2D eigenvalue weighted by Crippen LogP contribution is -2.25. The molecule has 0 aliphatic heterocycles. The monoisotopic (exact) mass is 402 g/mol. The smallest absolute Gasteiger partial charge is 0.275 e. The van der Waals surface area contributed by atoms with Crippen molar-refractivity contribution in [1.29, 1.82) is 0 Å². The molecular formula is C22H18N4O2S. The Labute approximate surface area is 170 Å². The highest BCUT2D eigenvalue weighted by molar-refractivity contribution is 7.18. The number of carbonyl (C=O) groups is 1. The molecule has 0 radical (unpaired) electrons. The minimum Gasteiger partial charge on any atom is -0.349 e. The highest BCUT2D eigenvalue weighted by Gasteiger charge is 2.24. The molecule has 1 aliphatic rings. The number of hydrogen-bond donors (Lipinski definition) is 1. The predicted molar refractivity (Wildman–Crippen MR) is 114 cm³/mol. The Morgan fingerprint density at radius 1 is 1.10 bits per heavy atom. The SMILES string of the molecule is Cn1nc(-c2ccncc2)c2scc(-c3ccc(C(=O)NC4CC4)cc3)c2c1=O. The van der Waals surface area contributed by atoms with Gasteiger partial charge in [0.2, 0.25) is 0 Å². The standard InChI is InChI=1S/C22H18N4O2S/c1-26-22(28)18-17(12-29-20(18)19(25-26)14-8-10-23-11-9-14)13-2-4-15(5-3-13)21(27)24-16-6-7-16/h2-5,8-12,16H,6-7H2,1H3,(H,24,27). The van der Waals surface area contributed by atoms with E-state index in [-0.39, 0.29) is 11.5 Å². The molecule has 3 aromatic heterocycles. The molecule has 1 N–H and O–H groups in total. The van der Waals surface area contributed by atoms with Crippen molar-refractivity contribution in [2.45, 2.75) is 18.9 Å². The first-order valence-corrected chi connectivity index (χ1v) is 10.3. The summed E-state index contributed by atoms with van der Waals surface area (Å²) in [5.74, 6) is -0.0469. The predicted octanol–water partition coefficient (Wildman–Crippen LogP) is 3.62. The maximum atomic E-state index is 12.9. The van der Waals surface area contributed by atoms with Crippen LogP contribution in [-0.2, 0) is 7.05 Å². The van der Waals surface area contributed by atoms with E-state index in [4.69, 9.17) is 0 Å². The molecule has 1 saturated carbocycles. The molecule has 1 aromatic carbocycles. The number of aryl methyl sites for hydroxylation is 1. The molecule has 0 unspecified atom stereocenters. The third kappa shape index (κ3) is 3.23. The van der Waals surface area contributed by atoms with Crippen LogP contribution in [0.5, 0.6) is 0 Å². The highest BCUT2D eigenvalue weighted by Crippen LogP contribution is 2.36. The zero-order valence-electron chi connectivity index (χ0n) is 15.8. The van der Waals surface area contributed by atoms with Gasteiger partial charge in [0.25, 0.3) is 11.5 Å². The van der Waals surface area contributed by atoms with Crippen LogP contribution >= 0.6 is 11.3 Å². The lowest BCUT2D eigenvalue weighted by molar-refractivity contribution is 0.0951. The molecule has 0 spiro atoms. The number of thiophene rings is 1. The van der Waals surface area contributed by atoms with Gasteiger partial charge < -0.3 is 5.32 Å². The third-order valence-electron chi connectivity index (χ3n) is 5.09. The molecule has 0 atom stereocenters. The maximum Gasteiger partial charge on any atom is 0.275 e. The molecular weight excluding hydrogens is 384 g/mol. The summed E-state index contributed by atoms with van der Waals surface area (Å²) in [4.78, 5) is 29.2. The van der Waals surface area contributed by atoms with Crippen molar-refractivity contribution in [1.82, 2.24) is 20.1 Å². The largest absolute Gasteiger partial charge is 0.349 e. The molecule has 1 aliphatic carbocycles. The van der Waals surface area contributed by atoms with Gasteiger partial charge in [-0.2, -0.15) is 5.10 Å². The zero-order chi connectivity index (χ0) is 20.0. The zero-order valence-corrected chi connectivity index (χ0v) is 16.6. The van der Waals surface area contributed by atoms with Crippen LogP contribution in [0.3, 0.4) is 0 Å². The number of hydrogen-bond acceptors (Lipinski definition) is 5. The fourth-order valence-electron chi connectivity index (χ4n) is 3.36. The Morgan fingerprint density at radius 3 is 2.52 bits per heavy atom. The van der Waals surface area contributed by atoms with Gasteiger partial charge in [-0.25, -0.2) is 4.68 Å². The molecule has 0 bridgehead atoms. The van der Waals surface area contributed by atoms with E-state index in [2.05, 4.69) is 15.4 Å². The number of fused-ring (bicyclic) bond motifs is 1. The Bertz CT molecular complexity index is 1270. The molecule has 5 rings (SSSR count). The first kappa shape index (κ1) is 17.8. The molecule has 144 valence electrons. The molecule has 0 saturated heterocycles. The number of nitrogens with zero attached hydrogens (tertiary/aromatic N) is 3. The van der Waals surface area contributed by atoms with Gasteiger partial charge in [-0.05, 0) is 42.7 Å². The summed E-state index contributed by atoms with van der Waals surface area (Å²) in [7, 11) is 1.67. The van der Waals surface area contributed by atoms with Gasteiger partial charge in [-0.1, -0.05) is 12.1 Å². The third-order valence-corrected chi connectivity index (χ3v) is 6.08. The van der Waals surface area contributed by atoms with Crippen molar-refractivity contribution in [2.24, 2.45) is 7.05 Å². The van der Waals surface area contributed by atoms with E-state index in [1.54, 1.807) is 19.4 Å². The van der Waals surface area contributed by atoms with Gasteiger partial charge in [0.15, 0.2) is 0 Å². The fraction of sp³-hybridized carbons (Fsp3) is 0.182. The average Bonchev–Trinajstić information content (AvgIpc) is 3.45. The van der Waals surface area contributed by atoms with Crippen LogP contribution in [0, 0.1) is 0 Å². The number of nitrogens with one attached hydrogen (secondary N) is 1.